The maximum absolute atomic E-state index is 13.1. The predicted octanol–water partition coefficient (Wildman–Crippen LogP) is 3.46. The van der Waals surface area contributed by atoms with Gasteiger partial charge in [-0.3, -0.25) is 4.79 Å². The van der Waals surface area contributed by atoms with Crippen molar-refractivity contribution in [1.29, 1.82) is 0 Å². The summed E-state index contributed by atoms with van der Waals surface area (Å²) in [6.45, 7) is 3.21. The van der Waals surface area contributed by atoms with Crippen molar-refractivity contribution < 1.29 is 9.18 Å². The van der Waals surface area contributed by atoms with Crippen molar-refractivity contribution in [2.45, 2.75) is 13.8 Å². The molecule has 0 aliphatic rings. The molecule has 2 nitrogen and oxygen atoms in total. The number of hydrogen-bond acceptors (Lipinski definition) is 3. The average molecular weight is 235 g/mol. The number of ketones is 1. The SMILES string of the molecule is CC(=O)c1cnc(-c2ccc(F)c(C)c2)s1. The Morgan fingerprint density at radius 2 is 2.19 bits per heavy atom. The standard InChI is InChI=1S/C12H10FNOS/c1-7-5-9(3-4-10(7)13)12-14-6-11(16-12)8(2)15/h3-6H,1-2H3. The minimum Gasteiger partial charge on any atom is -0.294 e. The Balaban J connectivity index is 2.42. The van der Waals surface area contributed by atoms with Crippen LogP contribution in [0.2, 0.25) is 0 Å². The molecular formula is C12H10FNOS. The number of benzene rings is 1. The van der Waals surface area contributed by atoms with Crippen LogP contribution in [0.25, 0.3) is 10.6 Å². The van der Waals surface area contributed by atoms with Crippen LogP contribution in [0, 0.1) is 12.7 Å². The first-order chi connectivity index (χ1) is 7.58. The summed E-state index contributed by atoms with van der Waals surface area (Å²) in [6.07, 6.45) is 1.56. The van der Waals surface area contributed by atoms with E-state index in [-0.39, 0.29) is 11.6 Å². The molecule has 0 spiro atoms. The van der Waals surface area contributed by atoms with Gasteiger partial charge in [-0.1, -0.05) is 0 Å². The molecule has 2 rings (SSSR count). The zero-order valence-corrected chi connectivity index (χ0v) is 9.77. The van der Waals surface area contributed by atoms with Gasteiger partial charge in [0.2, 0.25) is 0 Å². The molecule has 0 atom stereocenters. The maximum atomic E-state index is 13.1. The summed E-state index contributed by atoms with van der Waals surface area (Å²) in [5.41, 5.74) is 1.42. The van der Waals surface area contributed by atoms with Crippen molar-refractivity contribution in [2.75, 3.05) is 0 Å². The second kappa shape index (κ2) is 4.14. The van der Waals surface area contributed by atoms with Crippen molar-refractivity contribution >= 4 is 17.1 Å². The Bertz CT molecular complexity index is 548. The van der Waals surface area contributed by atoms with E-state index in [2.05, 4.69) is 4.98 Å². The summed E-state index contributed by atoms with van der Waals surface area (Å²) in [5, 5.41) is 0.744. The van der Waals surface area contributed by atoms with Crippen molar-refractivity contribution in [2.24, 2.45) is 0 Å². The van der Waals surface area contributed by atoms with E-state index < -0.39 is 0 Å². The monoisotopic (exact) mass is 235 g/mol. The molecule has 0 amide bonds. The highest BCUT2D eigenvalue weighted by atomic mass is 32.1. The summed E-state index contributed by atoms with van der Waals surface area (Å²) >= 11 is 1.33. The highest BCUT2D eigenvalue weighted by molar-refractivity contribution is 7.16. The zero-order valence-electron chi connectivity index (χ0n) is 8.95. The lowest BCUT2D eigenvalue weighted by Crippen LogP contribution is -1.84. The van der Waals surface area contributed by atoms with E-state index in [4.69, 9.17) is 0 Å². The van der Waals surface area contributed by atoms with Gasteiger partial charge in [-0.05, 0) is 30.7 Å². The van der Waals surface area contributed by atoms with Crippen molar-refractivity contribution in [3.8, 4) is 10.6 Å². The van der Waals surface area contributed by atoms with Crippen molar-refractivity contribution in [3.63, 3.8) is 0 Å². The fourth-order valence-electron chi connectivity index (χ4n) is 1.35. The largest absolute Gasteiger partial charge is 0.294 e. The van der Waals surface area contributed by atoms with E-state index in [9.17, 15) is 9.18 Å². The van der Waals surface area contributed by atoms with E-state index in [1.807, 2.05) is 0 Å². The minimum absolute atomic E-state index is 0.00239. The lowest BCUT2D eigenvalue weighted by molar-refractivity contribution is 0.102. The molecule has 0 aliphatic heterocycles. The topological polar surface area (TPSA) is 30.0 Å². The fourth-order valence-corrected chi connectivity index (χ4v) is 2.16. The summed E-state index contributed by atoms with van der Waals surface area (Å²) in [5.74, 6) is -0.227. The van der Waals surface area contributed by atoms with Gasteiger partial charge in [0.05, 0.1) is 4.88 Å². The van der Waals surface area contributed by atoms with E-state index in [1.165, 1.54) is 24.3 Å². The third-order valence-electron chi connectivity index (χ3n) is 2.26. The van der Waals surface area contributed by atoms with E-state index in [1.54, 1.807) is 25.3 Å². The van der Waals surface area contributed by atoms with Gasteiger partial charge in [-0.2, -0.15) is 0 Å². The predicted molar refractivity (Wildman–Crippen MR) is 62.2 cm³/mol. The highest BCUT2D eigenvalue weighted by Crippen LogP contribution is 2.26. The van der Waals surface area contributed by atoms with Gasteiger partial charge in [0.25, 0.3) is 0 Å². The van der Waals surface area contributed by atoms with Gasteiger partial charge in [0.15, 0.2) is 5.78 Å². The van der Waals surface area contributed by atoms with Crippen LogP contribution in [-0.4, -0.2) is 10.8 Å². The molecule has 2 aromatic rings. The summed E-state index contributed by atoms with van der Waals surface area (Å²) in [7, 11) is 0. The Morgan fingerprint density at radius 3 is 2.75 bits per heavy atom. The average Bonchev–Trinajstić information content (AvgIpc) is 2.71. The second-order valence-electron chi connectivity index (χ2n) is 3.55. The van der Waals surface area contributed by atoms with Crippen molar-refractivity contribution in [1.82, 2.24) is 4.98 Å². The molecule has 0 aliphatic carbocycles. The third-order valence-corrected chi connectivity index (χ3v) is 3.40. The summed E-state index contributed by atoms with van der Waals surface area (Å²) in [6, 6.07) is 4.82. The second-order valence-corrected chi connectivity index (χ2v) is 4.58. The molecular weight excluding hydrogens is 225 g/mol. The lowest BCUT2D eigenvalue weighted by Gasteiger charge is -1.99. The normalized spacial score (nSPS) is 10.4. The summed E-state index contributed by atoms with van der Waals surface area (Å²) in [4.78, 5) is 15.9. The number of hydrogen-bond donors (Lipinski definition) is 0. The molecule has 1 aromatic carbocycles. The van der Waals surface area contributed by atoms with Gasteiger partial charge < -0.3 is 0 Å². The molecule has 4 heteroatoms. The summed E-state index contributed by atoms with van der Waals surface area (Å²) < 4.78 is 13.1. The highest BCUT2D eigenvalue weighted by Gasteiger charge is 2.08. The minimum atomic E-state index is -0.230. The van der Waals surface area contributed by atoms with Crippen LogP contribution in [0.15, 0.2) is 24.4 Å². The molecule has 0 saturated heterocycles. The molecule has 0 radical (unpaired) electrons. The number of Topliss-reactive ketones (excluding diaryl/α,β-unsaturated/α-hetero) is 1. The van der Waals surface area contributed by atoms with E-state index in [0.29, 0.717) is 10.4 Å². The Kier molecular flexibility index (Phi) is 2.83. The number of rotatable bonds is 2. The number of aryl methyl sites for hydroxylation is 1. The first-order valence-corrected chi connectivity index (χ1v) is 5.63. The first kappa shape index (κ1) is 11.0. The molecule has 1 aromatic heterocycles. The Hall–Kier alpha value is -1.55. The zero-order chi connectivity index (χ0) is 11.7. The van der Waals surface area contributed by atoms with E-state index >= 15 is 0 Å². The molecule has 0 unspecified atom stereocenters. The number of thiazole rings is 1. The van der Waals surface area contributed by atoms with Crippen LogP contribution < -0.4 is 0 Å². The number of halogens is 1. The number of carbonyl (C=O) groups excluding carboxylic acids is 1. The molecule has 16 heavy (non-hydrogen) atoms. The number of carbonyl (C=O) groups is 1. The lowest BCUT2D eigenvalue weighted by atomic mass is 10.1. The number of aromatic nitrogens is 1. The molecule has 0 saturated carbocycles. The molecule has 82 valence electrons. The van der Waals surface area contributed by atoms with Gasteiger partial charge in [-0.25, -0.2) is 9.37 Å². The van der Waals surface area contributed by atoms with Crippen LogP contribution in [0.3, 0.4) is 0 Å². The van der Waals surface area contributed by atoms with Crippen molar-refractivity contribution in [3.05, 3.63) is 40.7 Å². The fraction of sp³-hybridized carbons (Fsp3) is 0.167. The molecule has 0 fully saturated rings. The first-order valence-electron chi connectivity index (χ1n) is 4.81. The maximum Gasteiger partial charge on any atom is 0.171 e. The van der Waals surface area contributed by atoms with Crippen LogP contribution in [0.1, 0.15) is 22.2 Å². The van der Waals surface area contributed by atoms with Gasteiger partial charge in [-0.15, -0.1) is 11.3 Å². The number of nitrogens with zero attached hydrogens (tertiary/aromatic N) is 1. The quantitative estimate of drug-likeness (QED) is 0.746. The van der Waals surface area contributed by atoms with Crippen LogP contribution in [0.5, 0.6) is 0 Å². The molecule has 1 heterocycles. The van der Waals surface area contributed by atoms with Gasteiger partial charge in [0, 0.05) is 18.7 Å². The van der Waals surface area contributed by atoms with Crippen LogP contribution in [0.4, 0.5) is 4.39 Å². The van der Waals surface area contributed by atoms with Crippen LogP contribution >= 0.6 is 11.3 Å². The smallest absolute Gasteiger partial charge is 0.171 e. The Morgan fingerprint density at radius 1 is 1.44 bits per heavy atom. The van der Waals surface area contributed by atoms with Crippen LogP contribution in [-0.2, 0) is 0 Å². The molecule has 0 N–H and O–H groups in total. The van der Waals surface area contributed by atoms with E-state index in [0.717, 1.165) is 10.6 Å². The molecule has 0 bridgehead atoms. The third kappa shape index (κ3) is 2.02. The van der Waals surface area contributed by atoms with Gasteiger partial charge in [0.1, 0.15) is 10.8 Å². The van der Waals surface area contributed by atoms with Gasteiger partial charge >= 0.3 is 0 Å². The Labute approximate surface area is 96.8 Å².